The van der Waals surface area contributed by atoms with Crippen LogP contribution in [-0.4, -0.2) is 41.5 Å². The maximum Gasteiger partial charge on any atom is 0.260 e. The van der Waals surface area contributed by atoms with Gasteiger partial charge in [0.25, 0.3) is 11.5 Å². The van der Waals surface area contributed by atoms with E-state index in [2.05, 4.69) is 22.1 Å². The molecule has 1 aromatic rings. The summed E-state index contributed by atoms with van der Waals surface area (Å²) >= 11 is 0. The molecule has 5 nitrogen and oxygen atoms in total. The van der Waals surface area contributed by atoms with E-state index < -0.39 is 0 Å². The van der Waals surface area contributed by atoms with E-state index in [0.717, 1.165) is 31.2 Å². The standard InChI is InChI=1S/C16H25N3O2/c1-11-5-4-8-19(9-11)10-13(3)18-16(21)14-7-6-12(2)17-15(14)20/h6-7,11,13H,4-5,8-10H2,1-3H3,(H,17,20)(H,18,21). The number of nitrogens with zero attached hydrogens (tertiary/aromatic N) is 1. The van der Waals surface area contributed by atoms with E-state index in [4.69, 9.17) is 0 Å². The Hall–Kier alpha value is -1.62. The summed E-state index contributed by atoms with van der Waals surface area (Å²) in [6.45, 7) is 9.06. The molecule has 2 unspecified atom stereocenters. The van der Waals surface area contributed by atoms with E-state index in [1.165, 1.54) is 12.8 Å². The van der Waals surface area contributed by atoms with Crippen molar-refractivity contribution >= 4 is 5.91 Å². The van der Waals surface area contributed by atoms with Gasteiger partial charge in [0.15, 0.2) is 0 Å². The molecule has 0 spiro atoms. The summed E-state index contributed by atoms with van der Waals surface area (Å²) in [6, 6.07) is 3.36. The van der Waals surface area contributed by atoms with Crippen LogP contribution in [0.1, 0.15) is 42.7 Å². The van der Waals surface area contributed by atoms with Crippen molar-refractivity contribution in [1.29, 1.82) is 0 Å². The van der Waals surface area contributed by atoms with Crippen LogP contribution in [0.5, 0.6) is 0 Å². The Bertz CT molecular complexity index is 553. The molecule has 1 aromatic heterocycles. The Balaban J connectivity index is 1.91. The molecule has 0 aromatic carbocycles. The van der Waals surface area contributed by atoms with Crippen LogP contribution in [0.2, 0.25) is 0 Å². The first-order valence-corrected chi connectivity index (χ1v) is 7.69. The molecule has 2 atom stereocenters. The molecule has 5 heteroatoms. The highest BCUT2D eigenvalue weighted by Gasteiger charge is 2.19. The number of hydrogen-bond donors (Lipinski definition) is 2. The van der Waals surface area contributed by atoms with Crippen LogP contribution in [0.25, 0.3) is 0 Å². The summed E-state index contributed by atoms with van der Waals surface area (Å²) in [6.07, 6.45) is 2.51. The van der Waals surface area contributed by atoms with Gasteiger partial charge in [-0.3, -0.25) is 9.59 Å². The van der Waals surface area contributed by atoms with Gasteiger partial charge in [-0.15, -0.1) is 0 Å². The number of aryl methyl sites for hydroxylation is 1. The number of pyridine rings is 1. The van der Waals surface area contributed by atoms with Crippen molar-refractivity contribution in [3.8, 4) is 0 Å². The molecule has 1 aliphatic rings. The van der Waals surface area contributed by atoms with Crippen molar-refractivity contribution in [1.82, 2.24) is 15.2 Å². The molecule has 1 aliphatic heterocycles. The molecule has 2 N–H and O–H groups in total. The zero-order valence-electron chi connectivity index (χ0n) is 13.1. The zero-order valence-corrected chi connectivity index (χ0v) is 13.1. The fraction of sp³-hybridized carbons (Fsp3) is 0.625. The lowest BCUT2D eigenvalue weighted by Gasteiger charge is -2.32. The van der Waals surface area contributed by atoms with Crippen LogP contribution in [0, 0.1) is 12.8 Å². The first-order chi connectivity index (χ1) is 9.95. The van der Waals surface area contributed by atoms with Crippen molar-refractivity contribution in [2.24, 2.45) is 5.92 Å². The van der Waals surface area contributed by atoms with Gasteiger partial charge in [0, 0.05) is 24.8 Å². The molecular formula is C16H25N3O2. The van der Waals surface area contributed by atoms with Crippen molar-refractivity contribution < 1.29 is 4.79 Å². The number of carbonyl (C=O) groups excluding carboxylic acids is 1. The van der Waals surface area contributed by atoms with E-state index in [9.17, 15) is 9.59 Å². The van der Waals surface area contributed by atoms with Gasteiger partial charge < -0.3 is 15.2 Å². The number of carbonyl (C=O) groups is 1. The molecule has 0 saturated carbocycles. The van der Waals surface area contributed by atoms with E-state index >= 15 is 0 Å². The second-order valence-corrected chi connectivity index (χ2v) is 6.27. The van der Waals surface area contributed by atoms with Gasteiger partial charge in [0.05, 0.1) is 0 Å². The normalized spacial score (nSPS) is 21.0. The monoisotopic (exact) mass is 291 g/mol. The van der Waals surface area contributed by atoms with Crippen LogP contribution < -0.4 is 10.9 Å². The zero-order chi connectivity index (χ0) is 15.4. The third kappa shape index (κ3) is 4.43. The van der Waals surface area contributed by atoms with Gasteiger partial charge in [-0.05, 0) is 51.3 Å². The number of H-pyrrole nitrogens is 1. The summed E-state index contributed by atoms with van der Waals surface area (Å²) in [5.41, 5.74) is 0.609. The minimum absolute atomic E-state index is 0.0310. The molecule has 0 radical (unpaired) electrons. The van der Waals surface area contributed by atoms with E-state index in [0.29, 0.717) is 0 Å². The molecule has 2 heterocycles. The summed E-state index contributed by atoms with van der Waals surface area (Å²) in [4.78, 5) is 29.0. The fourth-order valence-electron chi connectivity index (χ4n) is 2.94. The van der Waals surface area contributed by atoms with Gasteiger partial charge >= 0.3 is 0 Å². The number of rotatable bonds is 4. The molecule has 2 rings (SSSR count). The predicted octanol–water partition coefficient (Wildman–Crippen LogP) is 1.53. The molecule has 0 bridgehead atoms. The summed E-state index contributed by atoms with van der Waals surface area (Å²) in [7, 11) is 0. The first kappa shape index (κ1) is 15.8. The second kappa shape index (κ2) is 6.89. The number of hydrogen-bond acceptors (Lipinski definition) is 3. The molecule has 1 saturated heterocycles. The maximum absolute atomic E-state index is 12.1. The van der Waals surface area contributed by atoms with E-state index in [-0.39, 0.29) is 23.1 Å². The molecule has 1 fully saturated rings. The molecule has 21 heavy (non-hydrogen) atoms. The number of aromatic amines is 1. The van der Waals surface area contributed by atoms with Gasteiger partial charge in [0.1, 0.15) is 5.56 Å². The van der Waals surface area contributed by atoms with E-state index in [1.807, 2.05) is 6.92 Å². The minimum atomic E-state index is -0.328. The highest BCUT2D eigenvalue weighted by molar-refractivity contribution is 5.93. The highest BCUT2D eigenvalue weighted by Crippen LogP contribution is 2.15. The van der Waals surface area contributed by atoms with Gasteiger partial charge in [-0.1, -0.05) is 6.92 Å². The molecule has 1 amide bonds. The number of nitrogens with one attached hydrogen (secondary N) is 2. The highest BCUT2D eigenvalue weighted by atomic mass is 16.2. The molecule has 0 aliphatic carbocycles. The largest absolute Gasteiger partial charge is 0.348 e. The van der Waals surface area contributed by atoms with Crippen molar-refractivity contribution in [2.75, 3.05) is 19.6 Å². The lowest BCUT2D eigenvalue weighted by molar-refractivity contribution is 0.0918. The first-order valence-electron chi connectivity index (χ1n) is 7.69. The second-order valence-electron chi connectivity index (χ2n) is 6.27. The SMILES string of the molecule is Cc1ccc(C(=O)NC(C)CN2CCCC(C)C2)c(=O)[nH]1. The quantitative estimate of drug-likeness (QED) is 0.884. The average Bonchev–Trinajstić information content (AvgIpc) is 2.38. The fourth-order valence-corrected chi connectivity index (χ4v) is 2.94. The van der Waals surface area contributed by atoms with Crippen molar-refractivity contribution in [3.05, 3.63) is 33.7 Å². The van der Waals surface area contributed by atoms with E-state index in [1.54, 1.807) is 19.1 Å². The molecular weight excluding hydrogens is 266 g/mol. The molecule has 116 valence electrons. The third-order valence-corrected chi connectivity index (χ3v) is 3.95. The maximum atomic E-state index is 12.1. The Morgan fingerprint density at radius 3 is 2.95 bits per heavy atom. The summed E-state index contributed by atoms with van der Waals surface area (Å²) < 4.78 is 0. The Labute approximate surface area is 125 Å². The third-order valence-electron chi connectivity index (χ3n) is 3.95. The minimum Gasteiger partial charge on any atom is -0.348 e. The number of amides is 1. The number of piperidine rings is 1. The van der Waals surface area contributed by atoms with Crippen LogP contribution in [0.4, 0.5) is 0 Å². The van der Waals surface area contributed by atoms with Crippen LogP contribution in [-0.2, 0) is 0 Å². The average molecular weight is 291 g/mol. The lowest BCUT2D eigenvalue weighted by atomic mass is 10.00. The van der Waals surface area contributed by atoms with Crippen LogP contribution >= 0.6 is 0 Å². The lowest BCUT2D eigenvalue weighted by Crippen LogP contribution is -2.45. The van der Waals surface area contributed by atoms with Crippen LogP contribution in [0.15, 0.2) is 16.9 Å². The number of aromatic nitrogens is 1. The van der Waals surface area contributed by atoms with Crippen molar-refractivity contribution in [2.45, 2.75) is 39.7 Å². The Kier molecular flexibility index (Phi) is 5.17. The predicted molar refractivity (Wildman–Crippen MR) is 83.6 cm³/mol. The topological polar surface area (TPSA) is 65.2 Å². The summed E-state index contributed by atoms with van der Waals surface area (Å²) in [5, 5.41) is 2.92. The smallest absolute Gasteiger partial charge is 0.260 e. The Morgan fingerprint density at radius 1 is 1.52 bits per heavy atom. The van der Waals surface area contributed by atoms with Gasteiger partial charge in [0.2, 0.25) is 0 Å². The number of likely N-dealkylation sites (tertiary alicyclic amines) is 1. The van der Waals surface area contributed by atoms with Gasteiger partial charge in [-0.2, -0.15) is 0 Å². The van der Waals surface area contributed by atoms with Gasteiger partial charge in [-0.25, -0.2) is 0 Å². The Morgan fingerprint density at radius 2 is 2.29 bits per heavy atom. The van der Waals surface area contributed by atoms with Crippen LogP contribution in [0.3, 0.4) is 0 Å². The summed E-state index contributed by atoms with van der Waals surface area (Å²) in [5.74, 6) is 0.426. The van der Waals surface area contributed by atoms with Crippen molar-refractivity contribution in [3.63, 3.8) is 0 Å².